The van der Waals surface area contributed by atoms with Crippen LogP contribution >= 0.6 is 0 Å². The quantitative estimate of drug-likeness (QED) is 0.905. The molecule has 1 aromatic rings. The van der Waals surface area contributed by atoms with Crippen molar-refractivity contribution in [2.75, 3.05) is 27.9 Å². The fraction of sp³-hybridized carbons (Fsp3) is 0.444. The molecule has 0 spiro atoms. The van der Waals surface area contributed by atoms with E-state index in [0.717, 1.165) is 22.4 Å². The van der Waals surface area contributed by atoms with Crippen LogP contribution in [0.3, 0.4) is 0 Å². The van der Waals surface area contributed by atoms with Crippen molar-refractivity contribution in [1.82, 2.24) is 4.90 Å². The van der Waals surface area contributed by atoms with E-state index in [1.165, 1.54) is 12.1 Å². The van der Waals surface area contributed by atoms with Crippen LogP contribution in [0.5, 0.6) is 0 Å². The number of ether oxygens (including phenoxy) is 2. The van der Waals surface area contributed by atoms with Gasteiger partial charge in [-0.15, -0.1) is 0 Å². The second-order valence-electron chi connectivity index (χ2n) is 5.83. The van der Waals surface area contributed by atoms with E-state index in [4.69, 9.17) is 9.47 Å². The smallest absolute Gasteiger partial charge is 0.188 e. The summed E-state index contributed by atoms with van der Waals surface area (Å²) in [6.45, 7) is 4.00. The van der Waals surface area contributed by atoms with Gasteiger partial charge in [-0.25, -0.2) is 4.39 Å². The number of halogens is 1. The lowest BCUT2D eigenvalue weighted by Gasteiger charge is -2.40. The Bertz CT molecular complexity index is 620. The Balaban J connectivity index is 2.75. The number of hydrogen-bond donors (Lipinski definition) is 1. The van der Waals surface area contributed by atoms with E-state index in [-0.39, 0.29) is 18.3 Å². The van der Waals surface area contributed by atoms with Crippen LogP contribution in [0.25, 0.3) is 5.57 Å². The Labute approximate surface area is 136 Å². The number of likely N-dealkylation sites (N-methyl/N-ethyl adjacent to an activating group) is 1. The predicted molar refractivity (Wildman–Crippen MR) is 87.8 cm³/mol. The van der Waals surface area contributed by atoms with Crippen LogP contribution < -0.4 is 0 Å². The van der Waals surface area contributed by atoms with E-state index in [1.54, 1.807) is 26.4 Å². The highest BCUT2D eigenvalue weighted by Gasteiger charge is 2.35. The highest BCUT2D eigenvalue weighted by Crippen LogP contribution is 2.40. The highest BCUT2D eigenvalue weighted by atomic mass is 19.1. The van der Waals surface area contributed by atoms with Gasteiger partial charge < -0.3 is 19.5 Å². The first kappa shape index (κ1) is 17.5. The van der Waals surface area contributed by atoms with Gasteiger partial charge in [0.2, 0.25) is 0 Å². The second-order valence-corrected chi connectivity index (χ2v) is 5.83. The molecule has 0 bridgehead atoms. The van der Waals surface area contributed by atoms with Crippen LogP contribution in [0.2, 0.25) is 0 Å². The van der Waals surface area contributed by atoms with Crippen LogP contribution in [0.15, 0.2) is 41.3 Å². The van der Waals surface area contributed by atoms with Crippen molar-refractivity contribution >= 4 is 5.57 Å². The zero-order chi connectivity index (χ0) is 17.1. The summed E-state index contributed by atoms with van der Waals surface area (Å²) in [4.78, 5) is 1.97. The van der Waals surface area contributed by atoms with Gasteiger partial charge in [0.1, 0.15) is 5.82 Å². The van der Waals surface area contributed by atoms with Crippen molar-refractivity contribution in [1.29, 1.82) is 0 Å². The lowest BCUT2D eigenvalue weighted by molar-refractivity contribution is -0.0143. The molecule has 1 atom stereocenters. The fourth-order valence-electron chi connectivity index (χ4n) is 3.23. The van der Waals surface area contributed by atoms with Gasteiger partial charge in [0.25, 0.3) is 0 Å². The summed E-state index contributed by atoms with van der Waals surface area (Å²) in [6, 6.07) is 6.18. The molecule has 0 saturated carbocycles. The van der Waals surface area contributed by atoms with E-state index in [2.05, 4.69) is 13.8 Å². The molecule has 1 unspecified atom stereocenters. The standard InChI is InChI=1S/C18H24FNO3/c1-11(2)16-14(10-21)15(12-6-8-13(19)9-7-12)17(22-4)18(23-5)20(16)3/h6-9,11,18,21H,10H2,1-5H3. The molecule has 2 rings (SSSR count). The van der Waals surface area contributed by atoms with Crippen molar-refractivity contribution in [2.45, 2.75) is 20.1 Å². The molecule has 1 N–H and O–H groups in total. The lowest BCUT2D eigenvalue weighted by atomic mass is 9.88. The van der Waals surface area contributed by atoms with Crippen molar-refractivity contribution in [3.05, 3.63) is 52.7 Å². The van der Waals surface area contributed by atoms with Gasteiger partial charge in [0.15, 0.2) is 12.0 Å². The third kappa shape index (κ3) is 3.12. The van der Waals surface area contributed by atoms with Gasteiger partial charge in [0.05, 0.1) is 13.7 Å². The summed E-state index contributed by atoms with van der Waals surface area (Å²) in [6.07, 6.45) is -0.396. The van der Waals surface area contributed by atoms with Gasteiger partial charge in [-0.2, -0.15) is 0 Å². The second kappa shape index (κ2) is 7.15. The van der Waals surface area contributed by atoms with Crippen molar-refractivity contribution < 1.29 is 19.0 Å². The molecule has 1 aliphatic rings. The molecule has 5 heteroatoms. The maximum absolute atomic E-state index is 13.3. The minimum Gasteiger partial charge on any atom is -0.496 e. The molecule has 4 nitrogen and oxygen atoms in total. The predicted octanol–water partition coefficient (Wildman–Crippen LogP) is 3.00. The lowest BCUT2D eigenvalue weighted by Crippen LogP contribution is -2.41. The Morgan fingerprint density at radius 2 is 1.83 bits per heavy atom. The van der Waals surface area contributed by atoms with Crippen LogP contribution in [0, 0.1) is 11.7 Å². The van der Waals surface area contributed by atoms with E-state index in [0.29, 0.717) is 5.76 Å². The van der Waals surface area contributed by atoms with Crippen LogP contribution in [0.4, 0.5) is 4.39 Å². The largest absolute Gasteiger partial charge is 0.496 e. The normalized spacial score (nSPS) is 19.0. The first-order valence-corrected chi connectivity index (χ1v) is 7.60. The third-order valence-electron chi connectivity index (χ3n) is 4.09. The minimum absolute atomic E-state index is 0.131. The van der Waals surface area contributed by atoms with Crippen molar-refractivity contribution in [2.24, 2.45) is 5.92 Å². The van der Waals surface area contributed by atoms with E-state index in [1.807, 2.05) is 11.9 Å². The van der Waals surface area contributed by atoms with Gasteiger partial charge in [0, 0.05) is 31.0 Å². The van der Waals surface area contributed by atoms with Crippen molar-refractivity contribution in [3.63, 3.8) is 0 Å². The molecule has 0 fully saturated rings. The number of allylic oxidation sites excluding steroid dienone is 1. The van der Waals surface area contributed by atoms with E-state index < -0.39 is 6.23 Å². The first-order chi connectivity index (χ1) is 11.0. The molecule has 1 aliphatic heterocycles. The number of hydrogen-bond acceptors (Lipinski definition) is 4. The summed E-state index contributed by atoms with van der Waals surface area (Å²) in [5.41, 5.74) is 3.32. The first-order valence-electron chi connectivity index (χ1n) is 7.60. The Hall–Kier alpha value is -1.85. The molecule has 23 heavy (non-hydrogen) atoms. The molecule has 1 heterocycles. The van der Waals surface area contributed by atoms with Gasteiger partial charge in [-0.1, -0.05) is 26.0 Å². The summed E-state index contributed by atoms with van der Waals surface area (Å²) in [5.74, 6) is 0.492. The number of rotatable bonds is 5. The summed E-state index contributed by atoms with van der Waals surface area (Å²) in [5, 5.41) is 10.00. The average Bonchev–Trinajstić information content (AvgIpc) is 2.53. The molecule has 0 radical (unpaired) electrons. The molecule has 0 aromatic heterocycles. The van der Waals surface area contributed by atoms with Crippen LogP contribution in [0.1, 0.15) is 19.4 Å². The van der Waals surface area contributed by atoms with E-state index in [9.17, 15) is 9.50 Å². The monoisotopic (exact) mass is 321 g/mol. The zero-order valence-corrected chi connectivity index (χ0v) is 14.3. The van der Waals surface area contributed by atoms with E-state index >= 15 is 0 Å². The molecule has 0 aliphatic carbocycles. The van der Waals surface area contributed by atoms with Gasteiger partial charge >= 0.3 is 0 Å². The van der Waals surface area contributed by atoms with Gasteiger partial charge in [-0.05, 0) is 23.6 Å². The van der Waals surface area contributed by atoms with Gasteiger partial charge in [-0.3, -0.25) is 0 Å². The molecule has 1 aromatic carbocycles. The molecule has 0 amide bonds. The van der Waals surface area contributed by atoms with Crippen molar-refractivity contribution in [3.8, 4) is 0 Å². The SMILES string of the molecule is COC1=C(c2ccc(F)cc2)C(CO)=C(C(C)C)N(C)C1OC. The number of methoxy groups -OCH3 is 2. The number of benzene rings is 1. The highest BCUT2D eigenvalue weighted by molar-refractivity contribution is 5.83. The Morgan fingerprint density at radius 1 is 1.22 bits per heavy atom. The molecular weight excluding hydrogens is 297 g/mol. The summed E-state index contributed by atoms with van der Waals surface area (Å²) in [7, 11) is 5.11. The maximum Gasteiger partial charge on any atom is 0.188 e. The zero-order valence-electron chi connectivity index (χ0n) is 14.3. The number of aliphatic hydroxyl groups is 1. The topological polar surface area (TPSA) is 41.9 Å². The molecule has 0 saturated heterocycles. The molecule has 126 valence electrons. The maximum atomic E-state index is 13.3. The average molecular weight is 321 g/mol. The number of aliphatic hydroxyl groups excluding tert-OH is 1. The summed E-state index contributed by atoms with van der Waals surface area (Å²) >= 11 is 0. The van der Waals surface area contributed by atoms with Crippen LogP contribution in [-0.4, -0.2) is 44.1 Å². The Kier molecular flexibility index (Phi) is 5.44. The van der Waals surface area contributed by atoms with Crippen LogP contribution in [-0.2, 0) is 9.47 Å². The summed E-state index contributed by atoms with van der Waals surface area (Å²) < 4.78 is 24.5. The number of nitrogens with zero attached hydrogens (tertiary/aromatic N) is 1. The minimum atomic E-state index is -0.396. The Morgan fingerprint density at radius 3 is 2.26 bits per heavy atom. The third-order valence-corrected chi connectivity index (χ3v) is 4.09. The molecular formula is C18H24FNO3. The fourth-order valence-corrected chi connectivity index (χ4v) is 3.23.